The van der Waals surface area contributed by atoms with Crippen LogP contribution in [0.15, 0.2) is 42.5 Å². The zero-order valence-electron chi connectivity index (χ0n) is 19.1. The summed E-state index contributed by atoms with van der Waals surface area (Å²) in [7, 11) is 0. The fraction of sp³-hybridized carbons (Fsp3) is 0.462. The van der Waals surface area contributed by atoms with E-state index in [9.17, 15) is 9.59 Å². The lowest BCUT2D eigenvalue weighted by atomic mass is 9.87. The highest BCUT2D eigenvalue weighted by atomic mass is 16.5. The van der Waals surface area contributed by atoms with Crippen molar-refractivity contribution in [1.29, 1.82) is 0 Å². The summed E-state index contributed by atoms with van der Waals surface area (Å²) in [6.07, 6.45) is 2.25. The van der Waals surface area contributed by atoms with E-state index in [-0.39, 0.29) is 17.9 Å². The predicted octanol–water partition coefficient (Wildman–Crippen LogP) is 4.56. The number of nitrogens with one attached hydrogen (secondary N) is 1. The Labute approximate surface area is 185 Å². The largest absolute Gasteiger partial charge is 0.481 e. The monoisotopic (exact) mass is 422 g/mol. The number of rotatable bonds is 8. The minimum atomic E-state index is -0.528. The Morgan fingerprint density at radius 3 is 2.52 bits per heavy atom. The van der Waals surface area contributed by atoms with Crippen molar-refractivity contribution in [2.24, 2.45) is 0 Å². The number of fused-ring (bicyclic) bond motifs is 1. The smallest absolute Gasteiger partial charge is 0.261 e. The van der Waals surface area contributed by atoms with Crippen molar-refractivity contribution in [3.05, 3.63) is 64.7 Å². The van der Waals surface area contributed by atoms with Gasteiger partial charge in [0.15, 0.2) is 6.10 Å². The molecule has 2 aromatic rings. The lowest BCUT2D eigenvalue weighted by Crippen LogP contribution is -2.40. The van der Waals surface area contributed by atoms with Crippen molar-refractivity contribution in [3.8, 4) is 5.75 Å². The molecule has 166 valence electrons. The summed E-state index contributed by atoms with van der Waals surface area (Å²) in [5.41, 5.74) is 4.59. The lowest BCUT2D eigenvalue weighted by molar-refractivity contribution is -0.133. The predicted molar refractivity (Wildman–Crippen MR) is 123 cm³/mol. The summed E-state index contributed by atoms with van der Waals surface area (Å²) in [5.74, 6) is 0.730. The summed E-state index contributed by atoms with van der Waals surface area (Å²) in [5, 5.41) is 2.92. The first-order valence-electron chi connectivity index (χ1n) is 11.4. The molecule has 2 amide bonds. The van der Waals surface area contributed by atoms with Gasteiger partial charge < -0.3 is 15.0 Å². The Morgan fingerprint density at radius 2 is 1.87 bits per heavy atom. The third kappa shape index (κ3) is 5.27. The summed E-state index contributed by atoms with van der Waals surface area (Å²) in [6, 6.07) is 14.3. The second-order valence-corrected chi connectivity index (χ2v) is 8.17. The molecule has 2 atom stereocenters. The molecule has 3 rings (SSSR count). The number of carbonyl (C=O) groups excluding carboxylic acids is 2. The number of aryl methyl sites for hydroxylation is 1. The van der Waals surface area contributed by atoms with Gasteiger partial charge in [0.2, 0.25) is 5.91 Å². The van der Waals surface area contributed by atoms with E-state index in [4.69, 9.17) is 4.74 Å². The zero-order valence-corrected chi connectivity index (χ0v) is 19.1. The number of nitrogens with zero attached hydrogens (tertiary/aromatic N) is 1. The summed E-state index contributed by atoms with van der Waals surface area (Å²) in [4.78, 5) is 27.2. The highest BCUT2D eigenvalue weighted by molar-refractivity contribution is 5.81. The van der Waals surface area contributed by atoms with Crippen LogP contribution in [0.5, 0.6) is 5.75 Å². The van der Waals surface area contributed by atoms with E-state index >= 15 is 0 Å². The molecule has 1 aliphatic heterocycles. The second-order valence-electron chi connectivity index (χ2n) is 8.17. The van der Waals surface area contributed by atoms with Crippen LogP contribution in [0.2, 0.25) is 0 Å². The topological polar surface area (TPSA) is 58.6 Å². The fourth-order valence-corrected chi connectivity index (χ4v) is 4.10. The van der Waals surface area contributed by atoms with Crippen LogP contribution in [0.1, 0.15) is 68.3 Å². The van der Waals surface area contributed by atoms with Crippen LogP contribution in [0.25, 0.3) is 0 Å². The van der Waals surface area contributed by atoms with Crippen LogP contribution in [0.3, 0.4) is 0 Å². The minimum absolute atomic E-state index is 0.0834. The first-order chi connectivity index (χ1) is 15.0. The Bertz CT molecular complexity index is 907. The van der Waals surface area contributed by atoms with Crippen molar-refractivity contribution in [1.82, 2.24) is 10.2 Å². The van der Waals surface area contributed by atoms with Gasteiger partial charge in [-0.15, -0.1) is 0 Å². The summed E-state index contributed by atoms with van der Waals surface area (Å²) < 4.78 is 6.10. The molecule has 31 heavy (non-hydrogen) atoms. The Hall–Kier alpha value is -2.82. The van der Waals surface area contributed by atoms with Gasteiger partial charge >= 0.3 is 0 Å². The van der Waals surface area contributed by atoms with Gasteiger partial charge in [-0.05, 0) is 55.0 Å². The molecule has 0 radical (unpaired) electrons. The average Bonchev–Trinajstić information content (AvgIpc) is 2.80. The van der Waals surface area contributed by atoms with E-state index in [0.29, 0.717) is 31.7 Å². The maximum absolute atomic E-state index is 12.8. The van der Waals surface area contributed by atoms with E-state index in [1.165, 1.54) is 11.1 Å². The van der Waals surface area contributed by atoms with Gasteiger partial charge in [0.25, 0.3) is 5.91 Å². The number of benzene rings is 2. The van der Waals surface area contributed by atoms with Gasteiger partial charge in [-0.3, -0.25) is 9.59 Å². The van der Waals surface area contributed by atoms with Crippen molar-refractivity contribution in [3.63, 3.8) is 0 Å². The standard InChI is InChI=1S/C26H34N2O3/c1-5-15-27-26(30)23(6-2)31-21-13-12-19-14-16-28(24(29)7-3)25(22(19)17-21)20-10-8-18(4)9-11-20/h8-13,17,23,25H,5-7,14-16H2,1-4H3,(H,27,30)/t23-,25+/m1/s1. The highest BCUT2D eigenvalue weighted by Crippen LogP contribution is 2.37. The van der Waals surface area contributed by atoms with Crippen molar-refractivity contribution in [2.45, 2.75) is 65.5 Å². The van der Waals surface area contributed by atoms with E-state index in [0.717, 1.165) is 24.0 Å². The van der Waals surface area contributed by atoms with Gasteiger partial charge in [-0.25, -0.2) is 0 Å². The molecule has 2 aromatic carbocycles. The van der Waals surface area contributed by atoms with Gasteiger partial charge in [0.1, 0.15) is 5.75 Å². The van der Waals surface area contributed by atoms with Gasteiger partial charge in [-0.1, -0.05) is 56.7 Å². The molecule has 1 heterocycles. The van der Waals surface area contributed by atoms with Crippen molar-refractivity contribution in [2.75, 3.05) is 13.1 Å². The maximum atomic E-state index is 12.8. The second kappa shape index (κ2) is 10.5. The molecule has 5 heteroatoms. The molecule has 0 saturated heterocycles. The third-order valence-electron chi connectivity index (χ3n) is 5.85. The summed E-state index contributed by atoms with van der Waals surface area (Å²) in [6.45, 7) is 9.30. The fourth-order valence-electron chi connectivity index (χ4n) is 4.10. The molecular formula is C26H34N2O3. The highest BCUT2D eigenvalue weighted by Gasteiger charge is 2.32. The SMILES string of the molecule is CCCNC(=O)[C@@H](CC)Oc1ccc2c(c1)[C@H](c1ccc(C)cc1)N(C(=O)CC)CC2. The third-order valence-corrected chi connectivity index (χ3v) is 5.85. The zero-order chi connectivity index (χ0) is 22.4. The lowest BCUT2D eigenvalue weighted by Gasteiger charge is -2.38. The average molecular weight is 423 g/mol. The molecule has 0 fully saturated rings. The van der Waals surface area contributed by atoms with E-state index in [2.05, 4.69) is 42.6 Å². The molecule has 1 aliphatic rings. The maximum Gasteiger partial charge on any atom is 0.261 e. The first-order valence-corrected chi connectivity index (χ1v) is 11.4. The molecular weight excluding hydrogens is 388 g/mol. The number of hydrogen-bond donors (Lipinski definition) is 1. The van der Waals surface area contributed by atoms with Crippen molar-refractivity contribution < 1.29 is 14.3 Å². The van der Waals surface area contributed by atoms with Crippen LogP contribution in [0.4, 0.5) is 0 Å². The van der Waals surface area contributed by atoms with Gasteiger partial charge in [0, 0.05) is 19.5 Å². The molecule has 0 aliphatic carbocycles. The van der Waals surface area contributed by atoms with Crippen molar-refractivity contribution >= 4 is 11.8 Å². The molecule has 0 unspecified atom stereocenters. The van der Waals surface area contributed by atoms with Gasteiger partial charge in [0.05, 0.1) is 6.04 Å². The molecule has 0 bridgehead atoms. The number of carbonyl (C=O) groups is 2. The van der Waals surface area contributed by atoms with Crippen LogP contribution in [0, 0.1) is 6.92 Å². The van der Waals surface area contributed by atoms with Crippen LogP contribution < -0.4 is 10.1 Å². The molecule has 0 aromatic heterocycles. The summed E-state index contributed by atoms with van der Waals surface area (Å²) >= 11 is 0. The van der Waals surface area contributed by atoms with Crippen LogP contribution in [-0.4, -0.2) is 35.9 Å². The van der Waals surface area contributed by atoms with Crippen LogP contribution in [-0.2, 0) is 16.0 Å². The van der Waals surface area contributed by atoms with E-state index < -0.39 is 6.10 Å². The van der Waals surface area contributed by atoms with E-state index in [1.807, 2.05) is 37.8 Å². The molecule has 0 spiro atoms. The quantitative estimate of drug-likeness (QED) is 0.678. The minimum Gasteiger partial charge on any atom is -0.481 e. The van der Waals surface area contributed by atoms with Gasteiger partial charge in [-0.2, -0.15) is 0 Å². The molecule has 0 saturated carbocycles. The molecule has 1 N–H and O–H groups in total. The normalized spacial score (nSPS) is 16.4. The van der Waals surface area contributed by atoms with E-state index in [1.54, 1.807) is 0 Å². The first kappa shape index (κ1) is 22.9. The Balaban J connectivity index is 1.95. The number of hydrogen-bond acceptors (Lipinski definition) is 3. The van der Waals surface area contributed by atoms with Crippen LogP contribution >= 0.6 is 0 Å². The molecule has 5 nitrogen and oxygen atoms in total. The Morgan fingerprint density at radius 1 is 1.13 bits per heavy atom. The number of amides is 2. The Kier molecular flexibility index (Phi) is 7.72. The number of ether oxygens (including phenoxy) is 1.